The van der Waals surface area contributed by atoms with Crippen molar-refractivity contribution in [1.82, 2.24) is 9.78 Å². The second-order valence-electron chi connectivity index (χ2n) is 6.83. The standard InChI is InChI=1S/C23H19N3O2S/c27-22(13-28-21-12-6-8-16-7-4-5-11-18(16)21)24-23-19-14-29-15-20(19)25-26(23)17-9-2-1-3-10-17/h1-12H,13-15H2,(H,24,27). The van der Waals surface area contributed by atoms with Crippen LogP contribution in [0.4, 0.5) is 5.82 Å². The topological polar surface area (TPSA) is 56.1 Å². The summed E-state index contributed by atoms with van der Waals surface area (Å²) >= 11 is 1.81. The van der Waals surface area contributed by atoms with E-state index in [2.05, 4.69) is 5.32 Å². The first-order valence-electron chi connectivity index (χ1n) is 9.44. The molecule has 0 radical (unpaired) electrons. The van der Waals surface area contributed by atoms with Crippen molar-refractivity contribution in [2.24, 2.45) is 0 Å². The number of hydrogen-bond donors (Lipinski definition) is 1. The zero-order valence-electron chi connectivity index (χ0n) is 15.7. The molecule has 3 aromatic carbocycles. The quantitative estimate of drug-likeness (QED) is 0.522. The van der Waals surface area contributed by atoms with Crippen LogP contribution in [-0.4, -0.2) is 22.3 Å². The molecule has 4 aromatic rings. The number of nitrogens with one attached hydrogen (secondary N) is 1. The molecule has 1 aliphatic rings. The Morgan fingerprint density at radius 3 is 2.69 bits per heavy atom. The lowest BCUT2D eigenvalue weighted by molar-refractivity contribution is -0.118. The van der Waals surface area contributed by atoms with Gasteiger partial charge in [-0.1, -0.05) is 54.6 Å². The van der Waals surface area contributed by atoms with Gasteiger partial charge in [0.15, 0.2) is 6.61 Å². The molecule has 0 atom stereocenters. The molecule has 1 aromatic heterocycles. The molecule has 0 spiro atoms. The number of rotatable bonds is 5. The molecule has 0 fully saturated rings. The Balaban J connectivity index is 1.37. The second kappa shape index (κ2) is 7.64. The fraction of sp³-hybridized carbons (Fsp3) is 0.130. The van der Waals surface area contributed by atoms with E-state index in [1.807, 2.05) is 89.2 Å². The van der Waals surface area contributed by atoms with Crippen molar-refractivity contribution in [1.29, 1.82) is 0 Å². The fourth-order valence-electron chi connectivity index (χ4n) is 3.53. The van der Waals surface area contributed by atoms with Crippen molar-refractivity contribution in [3.05, 3.63) is 84.1 Å². The van der Waals surface area contributed by atoms with Gasteiger partial charge >= 0.3 is 0 Å². The molecule has 0 saturated carbocycles. The first-order chi connectivity index (χ1) is 14.3. The second-order valence-corrected chi connectivity index (χ2v) is 7.81. The summed E-state index contributed by atoms with van der Waals surface area (Å²) in [5, 5.41) is 9.82. The van der Waals surface area contributed by atoms with E-state index >= 15 is 0 Å². The zero-order valence-corrected chi connectivity index (χ0v) is 16.5. The molecule has 1 amide bonds. The maximum atomic E-state index is 12.7. The summed E-state index contributed by atoms with van der Waals surface area (Å²) < 4.78 is 7.67. The number of aromatic nitrogens is 2. The number of ether oxygens (including phenoxy) is 1. The van der Waals surface area contributed by atoms with E-state index < -0.39 is 0 Å². The van der Waals surface area contributed by atoms with Crippen LogP contribution in [0.5, 0.6) is 5.75 Å². The summed E-state index contributed by atoms with van der Waals surface area (Å²) in [6, 6.07) is 23.7. The summed E-state index contributed by atoms with van der Waals surface area (Å²) in [5.41, 5.74) is 3.05. The Morgan fingerprint density at radius 1 is 1.00 bits per heavy atom. The van der Waals surface area contributed by atoms with Crippen LogP contribution in [0.1, 0.15) is 11.3 Å². The van der Waals surface area contributed by atoms with Gasteiger partial charge in [0, 0.05) is 22.5 Å². The van der Waals surface area contributed by atoms with Crippen LogP contribution in [0.15, 0.2) is 72.8 Å². The van der Waals surface area contributed by atoms with Crippen molar-refractivity contribution in [3.8, 4) is 11.4 Å². The summed E-state index contributed by atoms with van der Waals surface area (Å²) in [6.07, 6.45) is 0. The molecule has 144 valence electrons. The van der Waals surface area contributed by atoms with Gasteiger partial charge in [0.1, 0.15) is 11.6 Å². The Labute approximate surface area is 172 Å². The lowest BCUT2D eigenvalue weighted by Gasteiger charge is -2.12. The Hall–Kier alpha value is -3.25. The maximum absolute atomic E-state index is 12.7. The molecule has 5 rings (SSSR count). The fourth-order valence-corrected chi connectivity index (χ4v) is 4.57. The van der Waals surface area contributed by atoms with Crippen LogP contribution in [0.2, 0.25) is 0 Å². The van der Waals surface area contributed by atoms with E-state index in [9.17, 15) is 4.79 Å². The van der Waals surface area contributed by atoms with Gasteiger partial charge < -0.3 is 10.1 Å². The third kappa shape index (κ3) is 3.47. The average molecular weight is 401 g/mol. The number of carbonyl (C=O) groups is 1. The molecular weight excluding hydrogens is 382 g/mol. The average Bonchev–Trinajstić information content (AvgIpc) is 3.35. The van der Waals surface area contributed by atoms with E-state index in [-0.39, 0.29) is 12.5 Å². The maximum Gasteiger partial charge on any atom is 0.263 e. The van der Waals surface area contributed by atoms with Gasteiger partial charge in [-0.25, -0.2) is 4.68 Å². The first-order valence-corrected chi connectivity index (χ1v) is 10.6. The van der Waals surface area contributed by atoms with Crippen molar-refractivity contribution in [3.63, 3.8) is 0 Å². The highest BCUT2D eigenvalue weighted by molar-refractivity contribution is 7.98. The number of carbonyl (C=O) groups excluding carboxylic acids is 1. The van der Waals surface area contributed by atoms with Crippen LogP contribution in [0.3, 0.4) is 0 Å². The van der Waals surface area contributed by atoms with Gasteiger partial charge in [-0.15, -0.1) is 0 Å². The van der Waals surface area contributed by atoms with Gasteiger partial charge in [0.25, 0.3) is 5.91 Å². The van der Waals surface area contributed by atoms with Crippen LogP contribution >= 0.6 is 11.8 Å². The van der Waals surface area contributed by atoms with E-state index in [0.717, 1.165) is 45.0 Å². The summed E-state index contributed by atoms with van der Waals surface area (Å²) in [6.45, 7) is -0.0596. The van der Waals surface area contributed by atoms with Gasteiger partial charge in [0.2, 0.25) is 0 Å². The van der Waals surface area contributed by atoms with Crippen molar-refractivity contribution >= 4 is 34.3 Å². The zero-order chi connectivity index (χ0) is 19.6. The van der Waals surface area contributed by atoms with Gasteiger partial charge in [-0.3, -0.25) is 4.79 Å². The first kappa shape index (κ1) is 17.8. The minimum absolute atomic E-state index is 0.0596. The van der Waals surface area contributed by atoms with E-state index in [1.165, 1.54) is 0 Å². The van der Waals surface area contributed by atoms with E-state index in [4.69, 9.17) is 9.84 Å². The lowest BCUT2D eigenvalue weighted by Crippen LogP contribution is -2.22. The Morgan fingerprint density at radius 2 is 1.79 bits per heavy atom. The molecule has 0 bridgehead atoms. The smallest absolute Gasteiger partial charge is 0.263 e. The Bertz CT molecular complexity index is 1180. The van der Waals surface area contributed by atoms with Gasteiger partial charge in [0.05, 0.1) is 11.4 Å². The number of hydrogen-bond acceptors (Lipinski definition) is 4. The molecule has 6 heteroatoms. The van der Waals surface area contributed by atoms with Gasteiger partial charge in [-0.2, -0.15) is 16.9 Å². The van der Waals surface area contributed by atoms with E-state index in [0.29, 0.717) is 5.75 Å². The minimum atomic E-state index is -0.199. The molecule has 2 heterocycles. The van der Waals surface area contributed by atoms with Crippen LogP contribution in [-0.2, 0) is 16.3 Å². The predicted molar refractivity (Wildman–Crippen MR) is 117 cm³/mol. The van der Waals surface area contributed by atoms with Crippen LogP contribution < -0.4 is 10.1 Å². The summed E-state index contributed by atoms with van der Waals surface area (Å²) in [5.74, 6) is 2.96. The van der Waals surface area contributed by atoms with Crippen LogP contribution in [0, 0.1) is 0 Å². The number of thioether (sulfide) groups is 1. The predicted octanol–water partition coefficient (Wildman–Crippen LogP) is 4.79. The molecule has 29 heavy (non-hydrogen) atoms. The van der Waals surface area contributed by atoms with Crippen molar-refractivity contribution in [2.75, 3.05) is 11.9 Å². The lowest BCUT2D eigenvalue weighted by atomic mass is 10.1. The summed E-state index contributed by atoms with van der Waals surface area (Å²) in [4.78, 5) is 12.7. The number of anilines is 1. The molecular formula is C23H19N3O2S. The number of para-hydroxylation sites is 1. The third-order valence-electron chi connectivity index (χ3n) is 4.92. The molecule has 1 N–H and O–H groups in total. The number of nitrogens with zero attached hydrogens (tertiary/aromatic N) is 2. The van der Waals surface area contributed by atoms with Crippen molar-refractivity contribution in [2.45, 2.75) is 11.5 Å². The largest absolute Gasteiger partial charge is 0.483 e. The SMILES string of the molecule is O=C(COc1cccc2ccccc12)Nc1c2c(nn1-c1ccccc1)CSC2. The minimum Gasteiger partial charge on any atom is -0.483 e. The molecule has 0 unspecified atom stereocenters. The monoisotopic (exact) mass is 401 g/mol. The highest BCUT2D eigenvalue weighted by Crippen LogP contribution is 2.36. The van der Waals surface area contributed by atoms with Gasteiger partial charge in [-0.05, 0) is 23.6 Å². The highest BCUT2D eigenvalue weighted by Gasteiger charge is 2.24. The van der Waals surface area contributed by atoms with Crippen LogP contribution in [0.25, 0.3) is 16.5 Å². The molecule has 5 nitrogen and oxygen atoms in total. The normalized spacial score (nSPS) is 12.7. The molecule has 0 saturated heterocycles. The number of amides is 1. The van der Waals surface area contributed by atoms with E-state index in [1.54, 1.807) is 0 Å². The highest BCUT2D eigenvalue weighted by atomic mass is 32.2. The number of benzene rings is 3. The van der Waals surface area contributed by atoms with Crippen molar-refractivity contribution < 1.29 is 9.53 Å². The molecule has 0 aliphatic carbocycles. The molecule has 1 aliphatic heterocycles. The summed E-state index contributed by atoms with van der Waals surface area (Å²) in [7, 11) is 0. The Kier molecular flexibility index (Phi) is 4.69. The number of fused-ring (bicyclic) bond motifs is 2. The third-order valence-corrected chi connectivity index (χ3v) is 5.89.